The lowest BCUT2D eigenvalue weighted by Crippen LogP contribution is -2.15. The Morgan fingerprint density at radius 1 is 1.18 bits per heavy atom. The molecule has 0 aromatic rings. The maximum atomic E-state index is 10.7. The molecule has 5 nitrogen and oxygen atoms in total. The van der Waals surface area contributed by atoms with E-state index in [2.05, 4.69) is 6.92 Å². The van der Waals surface area contributed by atoms with Crippen LogP contribution in [-0.4, -0.2) is 27.6 Å². The van der Waals surface area contributed by atoms with E-state index in [-0.39, 0.29) is 11.9 Å². The van der Waals surface area contributed by atoms with Gasteiger partial charge in [0.25, 0.3) is 0 Å². The third kappa shape index (κ3) is 10.9. The average Bonchev–Trinajstić information content (AvgIpc) is 2.20. The highest BCUT2D eigenvalue weighted by atomic mass is 16.4. The van der Waals surface area contributed by atoms with Crippen LogP contribution in [0.25, 0.3) is 0 Å². The van der Waals surface area contributed by atoms with Gasteiger partial charge in [0.1, 0.15) is 0 Å². The van der Waals surface area contributed by atoms with Gasteiger partial charge in [0.05, 0.1) is 12.3 Å². The third-order valence-electron chi connectivity index (χ3n) is 2.30. The predicted molar refractivity (Wildman–Crippen MR) is 64.9 cm³/mol. The van der Waals surface area contributed by atoms with Gasteiger partial charge in [-0.05, 0) is 12.8 Å². The van der Waals surface area contributed by atoms with Gasteiger partial charge in [-0.2, -0.15) is 0 Å². The van der Waals surface area contributed by atoms with Crippen LogP contribution < -0.4 is 0 Å². The average molecular weight is 246 g/mol. The number of aliphatic carboxylic acids is 2. The lowest BCUT2D eigenvalue weighted by Gasteiger charge is -2.03. The van der Waals surface area contributed by atoms with Crippen LogP contribution in [0.4, 0.5) is 0 Å². The molecule has 0 saturated carbocycles. The van der Waals surface area contributed by atoms with Gasteiger partial charge in [-0.3, -0.25) is 9.59 Å². The molecule has 5 heteroatoms. The van der Waals surface area contributed by atoms with Crippen LogP contribution in [0.15, 0.2) is 12.2 Å². The Morgan fingerprint density at radius 3 is 2.29 bits per heavy atom. The maximum absolute atomic E-state index is 10.7. The Labute approximate surface area is 101 Å². The number of carboxylic acids is 2. The minimum absolute atomic E-state index is 0. The Balaban J connectivity index is 0. The number of unbranched alkanes of at least 4 members (excludes halogenated alkanes) is 4. The predicted octanol–water partition coefficient (Wildman–Crippen LogP) is 1.86. The number of hydrogen-bond donors (Lipinski definition) is 2. The van der Waals surface area contributed by atoms with E-state index in [1.165, 1.54) is 18.9 Å². The van der Waals surface area contributed by atoms with Crippen molar-refractivity contribution < 1.29 is 25.3 Å². The van der Waals surface area contributed by atoms with Crippen LogP contribution in [0.1, 0.15) is 45.4 Å². The van der Waals surface area contributed by atoms with E-state index in [1.807, 2.05) is 0 Å². The van der Waals surface area contributed by atoms with E-state index in [4.69, 9.17) is 10.2 Å². The molecule has 0 aromatic heterocycles. The molecule has 0 heterocycles. The summed E-state index contributed by atoms with van der Waals surface area (Å²) in [5.74, 6) is -3.06. The van der Waals surface area contributed by atoms with Crippen molar-refractivity contribution in [2.75, 3.05) is 0 Å². The lowest BCUT2D eigenvalue weighted by atomic mass is 10.0. The third-order valence-corrected chi connectivity index (χ3v) is 2.30. The second-order valence-corrected chi connectivity index (χ2v) is 3.82. The van der Waals surface area contributed by atoms with Crippen molar-refractivity contribution in [3.8, 4) is 0 Å². The van der Waals surface area contributed by atoms with E-state index in [1.54, 1.807) is 6.08 Å². The van der Waals surface area contributed by atoms with Crippen LogP contribution >= 0.6 is 0 Å². The highest BCUT2D eigenvalue weighted by Gasteiger charge is 2.17. The first-order valence-electron chi connectivity index (χ1n) is 5.69. The van der Waals surface area contributed by atoms with Gasteiger partial charge >= 0.3 is 11.9 Å². The molecule has 0 aliphatic rings. The van der Waals surface area contributed by atoms with Gasteiger partial charge < -0.3 is 15.7 Å². The zero-order valence-electron chi connectivity index (χ0n) is 10.2. The van der Waals surface area contributed by atoms with Crippen molar-refractivity contribution in [1.82, 2.24) is 0 Å². The summed E-state index contributed by atoms with van der Waals surface area (Å²) in [6.45, 7) is 2.13. The first kappa shape index (κ1) is 18.0. The Morgan fingerprint density at radius 2 is 1.82 bits per heavy atom. The van der Waals surface area contributed by atoms with Gasteiger partial charge in [0.15, 0.2) is 0 Å². The SMILES string of the molecule is CCCCCCC=CC(CC(=O)O)C(=O)O.O. The van der Waals surface area contributed by atoms with Gasteiger partial charge in [-0.15, -0.1) is 0 Å². The number of rotatable bonds is 9. The van der Waals surface area contributed by atoms with Gasteiger partial charge in [0, 0.05) is 0 Å². The lowest BCUT2D eigenvalue weighted by molar-refractivity contribution is -0.146. The summed E-state index contributed by atoms with van der Waals surface area (Å²) in [7, 11) is 0. The summed E-state index contributed by atoms with van der Waals surface area (Å²) in [6, 6.07) is 0. The molecule has 100 valence electrons. The number of hydrogen-bond acceptors (Lipinski definition) is 2. The summed E-state index contributed by atoms with van der Waals surface area (Å²) in [6.07, 6.45) is 8.26. The standard InChI is InChI=1S/C12H20O4.H2O/c1-2-3-4-5-6-7-8-10(12(15)16)9-11(13)14;/h7-8,10H,2-6,9H2,1H3,(H,13,14)(H,15,16);1H2. The minimum atomic E-state index is -1.08. The molecule has 1 unspecified atom stereocenters. The molecule has 0 amide bonds. The van der Waals surface area contributed by atoms with Crippen molar-refractivity contribution in [2.24, 2.45) is 5.92 Å². The van der Waals surface area contributed by atoms with E-state index in [0.717, 1.165) is 19.3 Å². The second-order valence-electron chi connectivity index (χ2n) is 3.82. The van der Waals surface area contributed by atoms with Crippen LogP contribution in [0.3, 0.4) is 0 Å². The van der Waals surface area contributed by atoms with E-state index in [0.29, 0.717) is 0 Å². The number of carbonyl (C=O) groups is 2. The molecule has 0 fully saturated rings. The van der Waals surface area contributed by atoms with Crippen LogP contribution in [0, 0.1) is 5.92 Å². The maximum Gasteiger partial charge on any atom is 0.310 e. The molecule has 0 radical (unpaired) electrons. The molecule has 0 aliphatic heterocycles. The van der Waals surface area contributed by atoms with E-state index >= 15 is 0 Å². The second kappa shape index (κ2) is 11.1. The largest absolute Gasteiger partial charge is 0.481 e. The van der Waals surface area contributed by atoms with Crippen LogP contribution in [0.2, 0.25) is 0 Å². The number of allylic oxidation sites excluding steroid dienone is 1. The Bertz CT molecular complexity index is 247. The summed E-state index contributed by atoms with van der Waals surface area (Å²) in [5.41, 5.74) is 0. The van der Waals surface area contributed by atoms with Crippen molar-refractivity contribution in [3.63, 3.8) is 0 Å². The molecule has 0 saturated heterocycles. The molecule has 0 rings (SSSR count). The molecule has 0 aromatic carbocycles. The van der Waals surface area contributed by atoms with Crippen LogP contribution in [-0.2, 0) is 9.59 Å². The fourth-order valence-corrected chi connectivity index (χ4v) is 1.38. The molecule has 0 aliphatic carbocycles. The summed E-state index contributed by atoms with van der Waals surface area (Å²) in [5, 5.41) is 17.3. The fourth-order valence-electron chi connectivity index (χ4n) is 1.38. The summed E-state index contributed by atoms with van der Waals surface area (Å²) in [4.78, 5) is 21.1. The minimum Gasteiger partial charge on any atom is -0.481 e. The zero-order chi connectivity index (χ0) is 12.4. The fraction of sp³-hybridized carbons (Fsp3) is 0.667. The monoisotopic (exact) mass is 246 g/mol. The van der Waals surface area contributed by atoms with Crippen molar-refractivity contribution in [3.05, 3.63) is 12.2 Å². The summed E-state index contributed by atoms with van der Waals surface area (Å²) >= 11 is 0. The number of carboxylic acid groups (broad SMARTS) is 2. The normalized spacial score (nSPS) is 12.1. The highest BCUT2D eigenvalue weighted by Crippen LogP contribution is 2.08. The van der Waals surface area contributed by atoms with Gasteiger partial charge in [-0.25, -0.2) is 0 Å². The summed E-state index contributed by atoms with van der Waals surface area (Å²) < 4.78 is 0. The van der Waals surface area contributed by atoms with Crippen molar-refractivity contribution in [2.45, 2.75) is 45.4 Å². The molecule has 17 heavy (non-hydrogen) atoms. The smallest absolute Gasteiger partial charge is 0.310 e. The molecule has 1 atom stereocenters. The first-order chi connectivity index (χ1) is 7.57. The van der Waals surface area contributed by atoms with E-state index in [9.17, 15) is 9.59 Å². The molecule has 0 spiro atoms. The Kier molecular flexibility index (Phi) is 11.8. The molecular weight excluding hydrogens is 224 g/mol. The van der Waals surface area contributed by atoms with Crippen molar-refractivity contribution >= 4 is 11.9 Å². The molecule has 0 bridgehead atoms. The molecular formula is C12H22O5. The first-order valence-corrected chi connectivity index (χ1v) is 5.69. The Hall–Kier alpha value is -1.36. The van der Waals surface area contributed by atoms with Gasteiger partial charge in [-0.1, -0.05) is 38.3 Å². The van der Waals surface area contributed by atoms with Crippen LogP contribution in [0.5, 0.6) is 0 Å². The van der Waals surface area contributed by atoms with Crippen molar-refractivity contribution in [1.29, 1.82) is 0 Å². The van der Waals surface area contributed by atoms with Gasteiger partial charge in [0.2, 0.25) is 0 Å². The highest BCUT2D eigenvalue weighted by molar-refractivity contribution is 5.79. The quantitative estimate of drug-likeness (QED) is 0.478. The molecule has 4 N–H and O–H groups in total. The topological polar surface area (TPSA) is 106 Å². The van der Waals surface area contributed by atoms with E-state index < -0.39 is 17.9 Å². The zero-order valence-corrected chi connectivity index (χ0v) is 10.2.